The molecule has 1 aromatic heterocycles. The number of hydrogen-bond donors (Lipinski definition) is 0. The molecule has 0 spiro atoms. The Morgan fingerprint density at radius 3 is 2.63 bits per heavy atom. The highest BCUT2D eigenvalue weighted by Gasteiger charge is 2.46. The number of fused-ring (bicyclic) bond motifs is 2. The van der Waals surface area contributed by atoms with Gasteiger partial charge in [-0.05, 0) is 24.9 Å². The van der Waals surface area contributed by atoms with E-state index in [0.717, 1.165) is 10.6 Å². The van der Waals surface area contributed by atoms with E-state index in [4.69, 9.17) is 8.25 Å². The Labute approximate surface area is 176 Å². The third-order valence-electron chi connectivity index (χ3n) is 4.63. The van der Waals surface area contributed by atoms with Gasteiger partial charge in [-0.25, -0.2) is 8.76 Å². The van der Waals surface area contributed by atoms with Crippen molar-refractivity contribution < 1.29 is 21.5 Å². The summed E-state index contributed by atoms with van der Waals surface area (Å²) in [5.41, 5.74) is 1.41. The van der Waals surface area contributed by atoms with Crippen LogP contribution in [0.2, 0.25) is 0 Å². The predicted molar refractivity (Wildman–Crippen MR) is 114 cm³/mol. The molecule has 0 saturated carbocycles. The first-order valence-corrected chi connectivity index (χ1v) is 12.0. The summed E-state index contributed by atoms with van der Waals surface area (Å²) in [5.74, 6) is 1.67. The molecule has 0 radical (unpaired) electrons. The van der Waals surface area contributed by atoms with Gasteiger partial charge in [0.15, 0.2) is 0 Å². The first kappa shape index (κ1) is 20.7. The highest BCUT2D eigenvalue weighted by Crippen LogP contribution is 2.41. The second kappa shape index (κ2) is 8.65. The summed E-state index contributed by atoms with van der Waals surface area (Å²) in [6.07, 6.45) is 5.23. The number of nitrogens with zero attached hydrogens (tertiary/aromatic N) is 3. The van der Waals surface area contributed by atoms with Crippen LogP contribution in [-0.4, -0.2) is 48.5 Å². The van der Waals surface area contributed by atoms with Gasteiger partial charge in [0.05, 0.1) is 12.2 Å². The normalized spacial score (nSPS) is 20.0. The van der Waals surface area contributed by atoms with Gasteiger partial charge in [-0.3, -0.25) is 4.98 Å². The zero-order valence-electron chi connectivity index (χ0n) is 16.2. The van der Waals surface area contributed by atoms with Gasteiger partial charge in [0.1, 0.15) is 14.2 Å². The average Bonchev–Trinajstić information content (AvgIpc) is 2.99. The number of aromatic nitrogens is 1. The smallest absolute Gasteiger partial charge is 0.317 e. The Kier molecular flexibility index (Phi) is 5.97. The van der Waals surface area contributed by atoms with Gasteiger partial charge >= 0.3 is 16.4 Å². The zero-order chi connectivity index (χ0) is 21.1. The van der Waals surface area contributed by atoms with E-state index >= 15 is 0 Å². The molecule has 2 atom stereocenters. The van der Waals surface area contributed by atoms with Crippen LogP contribution >= 0.6 is 8.15 Å². The molecular weight excluding hydrogens is 425 g/mol. The Hall–Kier alpha value is -2.58. The zero-order valence-corrected chi connectivity index (χ0v) is 17.9. The van der Waals surface area contributed by atoms with Crippen molar-refractivity contribution >= 4 is 35.5 Å². The van der Waals surface area contributed by atoms with Crippen LogP contribution in [0.3, 0.4) is 0 Å². The molecular formula is C20H20N3O5PS. The molecule has 1 fully saturated rings. The molecule has 2 amide bonds. The van der Waals surface area contributed by atoms with E-state index in [2.05, 4.69) is 4.98 Å². The van der Waals surface area contributed by atoms with Crippen LogP contribution in [0.25, 0.3) is 5.57 Å². The van der Waals surface area contributed by atoms with Gasteiger partial charge < -0.3 is 4.90 Å². The maximum atomic E-state index is 12.7. The third-order valence-corrected chi connectivity index (χ3v) is 7.72. The van der Waals surface area contributed by atoms with Gasteiger partial charge in [-0.1, -0.05) is 48.6 Å². The van der Waals surface area contributed by atoms with E-state index in [0.29, 0.717) is 24.1 Å². The van der Waals surface area contributed by atoms with E-state index < -0.39 is 30.6 Å². The van der Waals surface area contributed by atoms with Crippen molar-refractivity contribution in [2.75, 3.05) is 13.1 Å². The minimum atomic E-state index is -4.50. The minimum Gasteiger partial charge on any atom is -0.317 e. The fourth-order valence-corrected chi connectivity index (χ4v) is 6.03. The molecule has 3 heterocycles. The topological polar surface area (TPSA) is 89.0 Å². The van der Waals surface area contributed by atoms with Crippen LogP contribution in [0.1, 0.15) is 12.6 Å². The fraction of sp³-hybridized carbons (Fsp3) is 0.200. The van der Waals surface area contributed by atoms with Crippen molar-refractivity contribution in [2.24, 2.45) is 0 Å². The molecule has 8 nitrogen and oxygen atoms in total. The molecule has 10 heteroatoms. The Bertz CT molecular complexity index is 1080. The third kappa shape index (κ3) is 4.29. The monoisotopic (exact) mass is 445 g/mol. The Morgan fingerprint density at radius 2 is 1.93 bits per heavy atom. The lowest BCUT2D eigenvalue weighted by Crippen LogP contribution is -2.37. The van der Waals surface area contributed by atoms with E-state index in [1.807, 2.05) is 24.3 Å². The van der Waals surface area contributed by atoms with Crippen molar-refractivity contribution in [3.63, 3.8) is 0 Å². The predicted octanol–water partition coefficient (Wildman–Crippen LogP) is 3.03. The fourth-order valence-electron chi connectivity index (χ4n) is 3.32. The van der Waals surface area contributed by atoms with Crippen LogP contribution in [0.5, 0.6) is 0 Å². The van der Waals surface area contributed by atoms with Crippen LogP contribution in [0, 0.1) is 0 Å². The van der Waals surface area contributed by atoms with E-state index in [1.54, 1.807) is 55.3 Å². The largest absolute Gasteiger partial charge is 0.424 e. The molecule has 0 aliphatic carbocycles. The summed E-state index contributed by atoms with van der Waals surface area (Å²) in [7, 11) is -6.12. The summed E-state index contributed by atoms with van der Waals surface area (Å²) < 4.78 is 36.0. The van der Waals surface area contributed by atoms with Gasteiger partial charge in [-0.15, -0.1) is 4.28 Å². The molecule has 2 aliphatic rings. The average molecular weight is 445 g/mol. The molecule has 2 aliphatic heterocycles. The molecule has 4 rings (SSSR count). The molecule has 0 N–H and O–H groups in total. The number of rotatable bonds is 7. The summed E-state index contributed by atoms with van der Waals surface area (Å²) in [5, 5.41) is 1.58. The molecule has 2 aromatic rings. The number of allylic oxidation sites excluding steroid dienone is 1. The number of amides is 2. The number of urea groups is 1. The van der Waals surface area contributed by atoms with Gasteiger partial charge in [-0.2, -0.15) is 13.5 Å². The molecule has 1 aromatic carbocycles. The first-order chi connectivity index (χ1) is 14.5. The number of benzene rings is 1. The van der Waals surface area contributed by atoms with Crippen molar-refractivity contribution in [1.29, 1.82) is 0 Å². The summed E-state index contributed by atoms with van der Waals surface area (Å²) in [4.78, 5) is 18.5. The molecule has 30 heavy (non-hydrogen) atoms. The second-order valence-electron chi connectivity index (χ2n) is 6.60. The highest BCUT2D eigenvalue weighted by molar-refractivity contribution is 7.88. The number of hydrogen-bond acceptors (Lipinski definition) is 6. The standard InChI is InChI=1S/C20H20N3O5PS/c1-2-14-29(16-8-4-3-5-9-16)28-30(25,26)27-23-19-15-22(20(23)24)13-11-17(19)18-10-6-7-12-21-18/h2-12,14,19H,13,15H2,1H3. The summed E-state index contributed by atoms with van der Waals surface area (Å²) >= 11 is 0. The molecule has 2 unspecified atom stereocenters. The summed E-state index contributed by atoms with van der Waals surface area (Å²) in [6, 6.07) is 13.3. The molecule has 1 saturated heterocycles. The maximum Gasteiger partial charge on any atom is 0.424 e. The highest BCUT2D eigenvalue weighted by atomic mass is 32.3. The van der Waals surface area contributed by atoms with Gasteiger partial charge in [0.2, 0.25) is 0 Å². The first-order valence-electron chi connectivity index (χ1n) is 9.29. The van der Waals surface area contributed by atoms with Crippen molar-refractivity contribution in [3.8, 4) is 0 Å². The number of carbonyl (C=O) groups is 1. The van der Waals surface area contributed by atoms with Crippen LogP contribution in [0.4, 0.5) is 4.79 Å². The lowest BCUT2D eigenvalue weighted by Gasteiger charge is -2.24. The number of pyridine rings is 1. The molecule has 156 valence electrons. The Balaban J connectivity index is 1.56. The quantitative estimate of drug-likeness (QED) is 0.609. The SMILES string of the molecule is CC=CP(OS(=O)(=O)ON1C(=O)N2CC=C(c3ccccn3)C1C2)c1ccccc1. The lowest BCUT2D eigenvalue weighted by atomic mass is 10.0. The van der Waals surface area contributed by atoms with E-state index in [9.17, 15) is 13.2 Å². The van der Waals surface area contributed by atoms with Crippen molar-refractivity contribution in [2.45, 2.75) is 13.0 Å². The van der Waals surface area contributed by atoms with Crippen molar-refractivity contribution in [1.82, 2.24) is 14.9 Å². The van der Waals surface area contributed by atoms with E-state index in [1.165, 1.54) is 4.90 Å². The summed E-state index contributed by atoms with van der Waals surface area (Å²) in [6.45, 7) is 2.45. The second-order valence-corrected chi connectivity index (χ2v) is 9.63. The number of carbonyl (C=O) groups excluding carboxylic acids is 1. The lowest BCUT2D eigenvalue weighted by molar-refractivity contribution is -0.0139. The van der Waals surface area contributed by atoms with Gasteiger partial charge in [0.25, 0.3) is 0 Å². The van der Waals surface area contributed by atoms with Crippen LogP contribution in [0.15, 0.2) is 72.7 Å². The van der Waals surface area contributed by atoms with Crippen molar-refractivity contribution in [3.05, 3.63) is 78.4 Å². The van der Waals surface area contributed by atoms with Gasteiger partial charge in [0, 0.05) is 23.6 Å². The van der Waals surface area contributed by atoms with Crippen LogP contribution in [-0.2, 0) is 18.7 Å². The Morgan fingerprint density at radius 1 is 1.17 bits per heavy atom. The van der Waals surface area contributed by atoms with Crippen LogP contribution < -0.4 is 5.30 Å². The number of hydroxylamine groups is 2. The maximum absolute atomic E-state index is 12.7. The minimum absolute atomic E-state index is 0.319. The van der Waals surface area contributed by atoms with E-state index in [-0.39, 0.29) is 0 Å². The molecule has 2 bridgehead atoms.